The minimum Gasteiger partial charge on any atom is -0.489 e. The topological polar surface area (TPSA) is 49.7 Å². The SMILES string of the molecule is COC1(c2cccc(OCc3cccc4ccc(=O)n(C)c34)c2)CCOCC1. The average molecular weight is 379 g/mol. The molecule has 1 fully saturated rings. The van der Waals surface area contributed by atoms with Crippen LogP contribution >= 0.6 is 0 Å². The summed E-state index contributed by atoms with van der Waals surface area (Å²) < 4.78 is 19.2. The number of pyridine rings is 1. The van der Waals surface area contributed by atoms with E-state index in [1.807, 2.05) is 36.4 Å². The van der Waals surface area contributed by atoms with Crippen LogP contribution in [0.3, 0.4) is 0 Å². The molecule has 0 bridgehead atoms. The summed E-state index contributed by atoms with van der Waals surface area (Å²) in [6.07, 6.45) is 1.66. The summed E-state index contributed by atoms with van der Waals surface area (Å²) in [6.45, 7) is 1.78. The van der Waals surface area contributed by atoms with Crippen molar-refractivity contribution in [2.45, 2.75) is 25.0 Å². The lowest BCUT2D eigenvalue weighted by Gasteiger charge is -2.36. The molecule has 0 aliphatic carbocycles. The monoisotopic (exact) mass is 379 g/mol. The van der Waals surface area contributed by atoms with Gasteiger partial charge in [0.15, 0.2) is 0 Å². The predicted molar refractivity (Wildman–Crippen MR) is 109 cm³/mol. The molecular weight excluding hydrogens is 354 g/mol. The van der Waals surface area contributed by atoms with E-state index in [0.29, 0.717) is 19.8 Å². The quantitative estimate of drug-likeness (QED) is 0.677. The molecule has 0 atom stereocenters. The predicted octanol–water partition coefficient (Wildman–Crippen LogP) is 3.77. The summed E-state index contributed by atoms with van der Waals surface area (Å²) in [5, 5.41) is 1.03. The molecular formula is C23H25NO4. The number of aryl methyl sites for hydroxylation is 1. The van der Waals surface area contributed by atoms with Crippen molar-refractivity contribution in [2.24, 2.45) is 7.05 Å². The molecule has 2 heterocycles. The van der Waals surface area contributed by atoms with Crippen molar-refractivity contribution in [3.05, 3.63) is 76.1 Å². The molecule has 5 nitrogen and oxygen atoms in total. The first-order valence-corrected chi connectivity index (χ1v) is 9.57. The summed E-state index contributed by atoms with van der Waals surface area (Å²) in [7, 11) is 3.55. The van der Waals surface area contributed by atoms with Gasteiger partial charge >= 0.3 is 0 Å². The van der Waals surface area contributed by atoms with E-state index >= 15 is 0 Å². The van der Waals surface area contributed by atoms with Crippen LogP contribution in [0, 0.1) is 0 Å². The molecule has 146 valence electrons. The fourth-order valence-corrected chi connectivity index (χ4v) is 4.00. The highest BCUT2D eigenvalue weighted by molar-refractivity contribution is 5.82. The van der Waals surface area contributed by atoms with Crippen LogP contribution in [-0.4, -0.2) is 24.9 Å². The molecule has 0 unspecified atom stereocenters. The Balaban J connectivity index is 1.61. The van der Waals surface area contributed by atoms with Crippen LogP contribution in [0.4, 0.5) is 0 Å². The highest BCUT2D eigenvalue weighted by Crippen LogP contribution is 2.37. The number of fused-ring (bicyclic) bond motifs is 1. The molecule has 0 amide bonds. The number of hydrogen-bond acceptors (Lipinski definition) is 4. The highest BCUT2D eigenvalue weighted by atomic mass is 16.5. The van der Waals surface area contributed by atoms with Crippen molar-refractivity contribution in [1.29, 1.82) is 0 Å². The van der Waals surface area contributed by atoms with Gasteiger partial charge in [-0.25, -0.2) is 0 Å². The van der Waals surface area contributed by atoms with E-state index in [2.05, 4.69) is 12.1 Å². The van der Waals surface area contributed by atoms with Gasteiger partial charge in [0.25, 0.3) is 5.56 Å². The Morgan fingerprint density at radius 1 is 1.07 bits per heavy atom. The molecule has 28 heavy (non-hydrogen) atoms. The molecule has 0 saturated carbocycles. The van der Waals surface area contributed by atoms with E-state index in [0.717, 1.165) is 40.6 Å². The summed E-state index contributed by atoms with van der Waals surface area (Å²) in [5.41, 5.74) is 2.66. The van der Waals surface area contributed by atoms with E-state index < -0.39 is 0 Å². The molecule has 4 rings (SSSR count). The summed E-state index contributed by atoms with van der Waals surface area (Å²) in [4.78, 5) is 12.0. The van der Waals surface area contributed by atoms with Gasteiger partial charge in [0.1, 0.15) is 12.4 Å². The van der Waals surface area contributed by atoms with Crippen molar-refractivity contribution in [1.82, 2.24) is 4.57 Å². The van der Waals surface area contributed by atoms with Gasteiger partial charge in [0.2, 0.25) is 0 Å². The van der Waals surface area contributed by atoms with Gasteiger partial charge in [0.05, 0.1) is 11.1 Å². The van der Waals surface area contributed by atoms with Crippen molar-refractivity contribution in [3.8, 4) is 5.75 Å². The fraction of sp³-hybridized carbons (Fsp3) is 0.348. The number of methoxy groups -OCH3 is 1. The first kappa shape index (κ1) is 18.7. The number of benzene rings is 2. The third-order valence-corrected chi connectivity index (χ3v) is 5.67. The maximum atomic E-state index is 12.0. The second kappa shape index (κ2) is 7.78. The van der Waals surface area contributed by atoms with Crippen molar-refractivity contribution >= 4 is 10.9 Å². The van der Waals surface area contributed by atoms with Gasteiger partial charge in [-0.3, -0.25) is 4.79 Å². The fourth-order valence-electron chi connectivity index (χ4n) is 4.00. The van der Waals surface area contributed by atoms with Crippen molar-refractivity contribution < 1.29 is 14.2 Å². The van der Waals surface area contributed by atoms with Crippen LogP contribution in [0.1, 0.15) is 24.0 Å². The smallest absolute Gasteiger partial charge is 0.250 e. The lowest BCUT2D eigenvalue weighted by Crippen LogP contribution is -2.35. The number of aromatic nitrogens is 1. The Hall–Kier alpha value is -2.63. The van der Waals surface area contributed by atoms with Crippen LogP contribution in [0.5, 0.6) is 5.75 Å². The van der Waals surface area contributed by atoms with Crippen LogP contribution in [0.25, 0.3) is 10.9 Å². The van der Waals surface area contributed by atoms with Gasteiger partial charge in [-0.05, 0) is 29.1 Å². The van der Waals surface area contributed by atoms with Crippen LogP contribution < -0.4 is 10.3 Å². The molecule has 0 spiro atoms. The molecule has 0 N–H and O–H groups in total. The maximum Gasteiger partial charge on any atom is 0.250 e. The Bertz CT molecular complexity index is 1030. The molecule has 1 aliphatic rings. The first-order valence-electron chi connectivity index (χ1n) is 9.57. The summed E-state index contributed by atoms with van der Waals surface area (Å²) >= 11 is 0. The minimum absolute atomic E-state index is 0.0245. The third kappa shape index (κ3) is 3.43. The number of rotatable bonds is 5. The average Bonchev–Trinajstić information content (AvgIpc) is 2.75. The van der Waals surface area contributed by atoms with Crippen LogP contribution in [0.15, 0.2) is 59.4 Å². The van der Waals surface area contributed by atoms with E-state index in [1.54, 1.807) is 24.8 Å². The maximum absolute atomic E-state index is 12.0. The van der Waals surface area contributed by atoms with Gasteiger partial charge < -0.3 is 18.8 Å². The molecule has 2 aromatic carbocycles. The minimum atomic E-state index is -0.318. The largest absolute Gasteiger partial charge is 0.489 e. The Morgan fingerprint density at radius 2 is 1.86 bits per heavy atom. The van der Waals surface area contributed by atoms with Crippen LogP contribution in [-0.2, 0) is 28.7 Å². The summed E-state index contributed by atoms with van der Waals surface area (Å²) in [5.74, 6) is 0.790. The second-order valence-electron chi connectivity index (χ2n) is 7.21. The van der Waals surface area contributed by atoms with Gasteiger partial charge in [-0.2, -0.15) is 0 Å². The molecule has 1 saturated heterocycles. The Kier molecular flexibility index (Phi) is 5.20. The van der Waals surface area contributed by atoms with Gasteiger partial charge in [-0.15, -0.1) is 0 Å². The Morgan fingerprint density at radius 3 is 2.64 bits per heavy atom. The van der Waals surface area contributed by atoms with Gasteiger partial charge in [0, 0.05) is 51.8 Å². The van der Waals surface area contributed by atoms with Crippen LogP contribution in [0.2, 0.25) is 0 Å². The van der Waals surface area contributed by atoms with E-state index in [1.165, 1.54) is 0 Å². The van der Waals surface area contributed by atoms with E-state index in [-0.39, 0.29) is 11.2 Å². The van der Waals surface area contributed by atoms with Gasteiger partial charge in [-0.1, -0.05) is 30.3 Å². The van der Waals surface area contributed by atoms with Crippen molar-refractivity contribution in [2.75, 3.05) is 20.3 Å². The zero-order chi connectivity index (χ0) is 19.6. The highest BCUT2D eigenvalue weighted by Gasteiger charge is 2.34. The van der Waals surface area contributed by atoms with E-state index in [4.69, 9.17) is 14.2 Å². The number of ether oxygens (including phenoxy) is 3. The normalized spacial score (nSPS) is 16.2. The standard InChI is InChI=1S/C23H25NO4/c1-24-21(25)10-9-17-5-3-6-18(22(17)24)16-28-20-8-4-7-19(15-20)23(26-2)11-13-27-14-12-23/h3-10,15H,11-14,16H2,1-2H3. The second-order valence-corrected chi connectivity index (χ2v) is 7.21. The summed E-state index contributed by atoms with van der Waals surface area (Å²) in [6, 6.07) is 17.5. The van der Waals surface area contributed by atoms with E-state index in [9.17, 15) is 4.79 Å². The zero-order valence-corrected chi connectivity index (χ0v) is 16.3. The zero-order valence-electron chi connectivity index (χ0n) is 16.3. The number of nitrogens with zero attached hydrogens (tertiary/aromatic N) is 1. The molecule has 3 aromatic rings. The molecule has 1 aromatic heterocycles. The molecule has 5 heteroatoms. The number of para-hydroxylation sites is 1. The number of hydrogen-bond donors (Lipinski definition) is 0. The third-order valence-electron chi connectivity index (χ3n) is 5.67. The molecule has 0 radical (unpaired) electrons. The van der Waals surface area contributed by atoms with Crippen molar-refractivity contribution in [3.63, 3.8) is 0 Å². The lowest BCUT2D eigenvalue weighted by molar-refractivity contribution is -0.0948. The molecule has 1 aliphatic heterocycles. The first-order chi connectivity index (χ1) is 13.6. The Labute approximate surface area is 164 Å². The lowest BCUT2D eigenvalue weighted by atomic mass is 9.86.